The molecular formula is C16H19N3O3. The molecule has 1 aliphatic rings. The molecule has 0 N–H and O–H groups in total. The number of hydrogen-bond acceptors (Lipinski definition) is 4. The van der Waals surface area contributed by atoms with Crippen LogP contribution in [0.5, 0.6) is 11.5 Å². The third-order valence-electron chi connectivity index (χ3n) is 3.92. The van der Waals surface area contributed by atoms with E-state index in [0.29, 0.717) is 30.3 Å². The van der Waals surface area contributed by atoms with Crippen LogP contribution in [0.4, 0.5) is 0 Å². The number of carbonyl (C=O) groups is 1. The summed E-state index contributed by atoms with van der Waals surface area (Å²) >= 11 is 0. The molecule has 0 aliphatic carbocycles. The number of rotatable bonds is 5. The maximum absolute atomic E-state index is 12.3. The molecule has 3 rings (SSSR count). The molecule has 0 saturated heterocycles. The zero-order chi connectivity index (χ0) is 15.5. The lowest BCUT2D eigenvalue weighted by Crippen LogP contribution is -2.41. The van der Waals surface area contributed by atoms with Crippen LogP contribution < -0.4 is 9.47 Å². The van der Waals surface area contributed by atoms with E-state index >= 15 is 0 Å². The second-order valence-corrected chi connectivity index (χ2v) is 5.17. The highest BCUT2D eigenvalue weighted by Gasteiger charge is 2.24. The minimum atomic E-state index is 0.0456. The molecule has 116 valence electrons. The lowest BCUT2D eigenvalue weighted by atomic mass is 10.1. The molecule has 2 heterocycles. The smallest absolute Gasteiger partial charge is 0.272 e. The highest BCUT2D eigenvalue weighted by molar-refractivity contribution is 5.93. The number of nitrogens with zero attached hydrogens (tertiary/aromatic N) is 3. The second kappa shape index (κ2) is 6.09. The van der Waals surface area contributed by atoms with Crippen molar-refractivity contribution in [3.8, 4) is 11.5 Å². The fourth-order valence-electron chi connectivity index (χ4n) is 2.69. The first-order chi connectivity index (χ1) is 10.7. The lowest BCUT2D eigenvalue weighted by molar-refractivity contribution is 0.0700. The summed E-state index contributed by atoms with van der Waals surface area (Å²) in [5, 5.41) is 4.14. The fourth-order valence-corrected chi connectivity index (χ4v) is 2.69. The third kappa shape index (κ3) is 2.64. The van der Waals surface area contributed by atoms with Gasteiger partial charge in [-0.2, -0.15) is 5.10 Å². The molecule has 0 saturated carbocycles. The summed E-state index contributed by atoms with van der Waals surface area (Å²) in [4.78, 5) is 14.2. The summed E-state index contributed by atoms with van der Waals surface area (Å²) in [6, 6.07) is 7.61. The first-order valence-electron chi connectivity index (χ1n) is 7.25. The van der Waals surface area contributed by atoms with Crippen molar-refractivity contribution in [2.75, 3.05) is 27.3 Å². The van der Waals surface area contributed by atoms with Crippen molar-refractivity contribution in [1.29, 1.82) is 0 Å². The Morgan fingerprint density at radius 3 is 2.73 bits per heavy atom. The summed E-state index contributed by atoms with van der Waals surface area (Å²) < 4.78 is 12.3. The quantitative estimate of drug-likeness (QED) is 0.842. The largest absolute Gasteiger partial charge is 0.493 e. The van der Waals surface area contributed by atoms with Crippen LogP contribution in [-0.2, 0) is 13.0 Å². The number of methoxy groups -OCH3 is 2. The summed E-state index contributed by atoms with van der Waals surface area (Å²) in [7, 11) is 3.24. The number of ether oxygens (including phenoxy) is 2. The van der Waals surface area contributed by atoms with Crippen LogP contribution in [0.25, 0.3) is 0 Å². The molecule has 2 aromatic rings. The summed E-state index contributed by atoms with van der Waals surface area (Å²) in [5.41, 5.74) is 1.78. The van der Waals surface area contributed by atoms with Crippen molar-refractivity contribution in [1.82, 2.24) is 14.7 Å². The Labute approximate surface area is 129 Å². The molecule has 22 heavy (non-hydrogen) atoms. The van der Waals surface area contributed by atoms with E-state index in [1.165, 1.54) is 0 Å². The first kappa shape index (κ1) is 14.4. The Bertz CT molecular complexity index is 681. The van der Waals surface area contributed by atoms with Crippen molar-refractivity contribution in [3.05, 3.63) is 41.7 Å². The first-order valence-corrected chi connectivity index (χ1v) is 7.25. The van der Waals surface area contributed by atoms with Gasteiger partial charge in [-0.25, -0.2) is 0 Å². The Morgan fingerprint density at radius 1 is 1.14 bits per heavy atom. The van der Waals surface area contributed by atoms with E-state index in [1.807, 2.05) is 23.1 Å². The Hall–Kier alpha value is -2.50. The molecule has 6 heteroatoms. The highest BCUT2D eigenvalue weighted by Crippen LogP contribution is 2.27. The van der Waals surface area contributed by atoms with Gasteiger partial charge in [0.15, 0.2) is 11.5 Å². The maximum Gasteiger partial charge on any atom is 0.272 e. The number of fused-ring (bicyclic) bond motifs is 1. The van der Waals surface area contributed by atoms with Gasteiger partial charge < -0.3 is 14.4 Å². The molecule has 1 amide bonds. The van der Waals surface area contributed by atoms with Crippen LogP contribution in [0.1, 0.15) is 16.1 Å². The standard InChI is InChI=1S/C16H19N3O3/c1-21-14-4-3-12(11-15(14)22-2)6-8-18-9-10-19-13(16(18)20)5-7-17-19/h3-5,7,11H,6,8-10H2,1-2H3. The van der Waals surface area contributed by atoms with Crippen LogP contribution >= 0.6 is 0 Å². The van der Waals surface area contributed by atoms with E-state index in [2.05, 4.69) is 5.10 Å². The SMILES string of the molecule is COc1ccc(CCN2CCn3nccc3C2=O)cc1OC. The molecule has 0 bridgehead atoms. The van der Waals surface area contributed by atoms with Crippen molar-refractivity contribution in [2.24, 2.45) is 0 Å². The number of carbonyl (C=O) groups excluding carboxylic acids is 1. The fraction of sp³-hybridized carbons (Fsp3) is 0.375. The summed E-state index contributed by atoms with van der Waals surface area (Å²) in [6.07, 6.45) is 2.45. The lowest BCUT2D eigenvalue weighted by Gasteiger charge is -2.27. The maximum atomic E-state index is 12.3. The molecule has 1 aromatic carbocycles. The van der Waals surface area contributed by atoms with Gasteiger partial charge in [0.05, 0.1) is 20.8 Å². The van der Waals surface area contributed by atoms with Crippen LogP contribution in [0.3, 0.4) is 0 Å². The number of benzene rings is 1. The van der Waals surface area contributed by atoms with E-state index in [0.717, 1.165) is 18.5 Å². The molecular weight excluding hydrogens is 282 g/mol. The van der Waals surface area contributed by atoms with Gasteiger partial charge in [-0.15, -0.1) is 0 Å². The molecule has 0 radical (unpaired) electrons. The zero-order valence-corrected chi connectivity index (χ0v) is 12.8. The van der Waals surface area contributed by atoms with Gasteiger partial charge in [0.1, 0.15) is 5.69 Å². The van der Waals surface area contributed by atoms with Gasteiger partial charge in [0.25, 0.3) is 5.91 Å². The zero-order valence-electron chi connectivity index (χ0n) is 12.8. The number of aromatic nitrogens is 2. The topological polar surface area (TPSA) is 56.6 Å². The molecule has 0 atom stereocenters. The second-order valence-electron chi connectivity index (χ2n) is 5.17. The van der Waals surface area contributed by atoms with Crippen molar-refractivity contribution >= 4 is 5.91 Å². The average Bonchev–Trinajstić information content (AvgIpc) is 3.03. The Morgan fingerprint density at radius 2 is 1.95 bits per heavy atom. The van der Waals surface area contributed by atoms with Gasteiger partial charge in [0, 0.05) is 19.3 Å². The summed E-state index contributed by atoms with van der Waals surface area (Å²) in [6.45, 7) is 2.13. The van der Waals surface area contributed by atoms with Crippen LogP contribution in [0.2, 0.25) is 0 Å². The van der Waals surface area contributed by atoms with Gasteiger partial charge in [-0.05, 0) is 30.2 Å². The van der Waals surface area contributed by atoms with Crippen molar-refractivity contribution < 1.29 is 14.3 Å². The van der Waals surface area contributed by atoms with E-state index in [-0.39, 0.29) is 5.91 Å². The van der Waals surface area contributed by atoms with Gasteiger partial charge >= 0.3 is 0 Å². The molecule has 1 aromatic heterocycles. The van der Waals surface area contributed by atoms with Crippen molar-refractivity contribution in [2.45, 2.75) is 13.0 Å². The Balaban J connectivity index is 1.67. The average molecular weight is 301 g/mol. The van der Waals surface area contributed by atoms with E-state index in [4.69, 9.17) is 9.47 Å². The number of amides is 1. The molecule has 0 unspecified atom stereocenters. The molecule has 6 nitrogen and oxygen atoms in total. The van der Waals surface area contributed by atoms with Crippen LogP contribution in [0, 0.1) is 0 Å². The minimum absolute atomic E-state index is 0.0456. The summed E-state index contributed by atoms with van der Waals surface area (Å²) in [5.74, 6) is 1.47. The normalized spacial score (nSPS) is 13.9. The van der Waals surface area contributed by atoms with Crippen LogP contribution in [-0.4, -0.2) is 47.9 Å². The van der Waals surface area contributed by atoms with Gasteiger partial charge in [-0.1, -0.05) is 6.07 Å². The van der Waals surface area contributed by atoms with E-state index in [1.54, 1.807) is 31.2 Å². The monoisotopic (exact) mass is 301 g/mol. The van der Waals surface area contributed by atoms with Gasteiger partial charge in [-0.3, -0.25) is 9.48 Å². The highest BCUT2D eigenvalue weighted by atomic mass is 16.5. The predicted molar refractivity (Wildman–Crippen MR) is 81.4 cm³/mol. The van der Waals surface area contributed by atoms with Gasteiger partial charge in [0.2, 0.25) is 0 Å². The minimum Gasteiger partial charge on any atom is -0.493 e. The molecule has 1 aliphatic heterocycles. The van der Waals surface area contributed by atoms with Crippen LogP contribution in [0.15, 0.2) is 30.5 Å². The number of hydrogen-bond donors (Lipinski definition) is 0. The molecule has 0 spiro atoms. The van der Waals surface area contributed by atoms with E-state index < -0.39 is 0 Å². The van der Waals surface area contributed by atoms with E-state index in [9.17, 15) is 4.79 Å². The molecule has 0 fully saturated rings. The Kier molecular flexibility index (Phi) is 4.00. The van der Waals surface area contributed by atoms with Crippen molar-refractivity contribution in [3.63, 3.8) is 0 Å². The predicted octanol–water partition coefficient (Wildman–Crippen LogP) is 1.60. The third-order valence-corrected chi connectivity index (χ3v) is 3.92.